The summed E-state index contributed by atoms with van der Waals surface area (Å²) in [5.41, 5.74) is 3.05. The van der Waals surface area contributed by atoms with Gasteiger partial charge in [0.2, 0.25) is 0 Å². The zero-order valence-electron chi connectivity index (χ0n) is 11.3. The summed E-state index contributed by atoms with van der Waals surface area (Å²) in [6.45, 7) is 1.76. The van der Waals surface area contributed by atoms with Crippen molar-refractivity contribution in [3.63, 3.8) is 0 Å². The summed E-state index contributed by atoms with van der Waals surface area (Å²) in [4.78, 5) is 0.277. The molecule has 0 fully saturated rings. The van der Waals surface area contributed by atoms with E-state index in [-0.39, 0.29) is 4.90 Å². The lowest BCUT2D eigenvalue weighted by Gasteiger charge is -2.18. The molecule has 110 valence electrons. The fraction of sp³-hybridized carbons (Fsp3) is 0.200. The van der Waals surface area contributed by atoms with E-state index in [9.17, 15) is 8.42 Å². The molecule has 21 heavy (non-hydrogen) atoms. The van der Waals surface area contributed by atoms with Crippen LogP contribution in [0.3, 0.4) is 0 Å². The molecule has 2 aromatic rings. The summed E-state index contributed by atoms with van der Waals surface area (Å²) in [5, 5.41) is 3.29. The van der Waals surface area contributed by atoms with Crippen LogP contribution in [0.4, 0.5) is 5.69 Å². The van der Waals surface area contributed by atoms with Crippen molar-refractivity contribution in [2.75, 3.05) is 11.3 Å². The minimum atomic E-state index is -3.53. The zero-order valence-corrected chi connectivity index (χ0v) is 14.2. The number of nitrogens with one attached hydrogen (secondary N) is 2. The van der Waals surface area contributed by atoms with Crippen LogP contribution < -0.4 is 10.0 Å². The first kappa shape index (κ1) is 14.8. The standard InChI is InChI=1S/C15H15IN2O2S/c16-13-2-5-15(6-3-13)21(19,20)18-14-4-1-11-7-8-17-10-12(11)9-14/h1-6,9,17-18H,7-8,10H2. The molecule has 0 spiro atoms. The highest BCUT2D eigenvalue weighted by Crippen LogP contribution is 2.22. The summed E-state index contributed by atoms with van der Waals surface area (Å²) in [6, 6.07) is 12.5. The van der Waals surface area contributed by atoms with E-state index in [1.807, 2.05) is 18.2 Å². The quantitative estimate of drug-likeness (QED) is 0.760. The molecule has 2 N–H and O–H groups in total. The van der Waals surface area contributed by atoms with Crippen molar-refractivity contribution >= 4 is 38.3 Å². The molecule has 0 aromatic heterocycles. The van der Waals surface area contributed by atoms with Gasteiger partial charge in [-0.15, -0.1) is 0 Å². The first-order chi connectivity index (χ1) is 10.0. The topological polar surface area (TPSA) is 58.2 Å². The van der Waals surface area contributed by atoms with Crippen LogP contribution in [0.5, 0.6) is 0 Å². The highest BCUT2D eigenvalue weighted by molar-refractivity contribution is 14.1. The van der Waals surface area contributed by atoms with Gasteiger partial charge in [-0.25, -0.2) is 8.42 Å². The summed E-state index contributed by atoms with van der Waals surface area (Å²) < 4.78 is 28.4. The van der Waals surface area contributed by atoms with Gasteiger partial charge in [-0.3, -0.25) is 4.72 Å². The predicted octanol–water partition coefficient (Wildman–Crippen LogP) is 2.74. The van der Waals surface area contributed by atoms with Crippen molar-refractivity contribution in [2.45, 2.75) is 17.9 Å². The molecule has 0 atom stereocenters. The first-order valence-corrected chi connectivity index (χ1v) is 9.22. The van der Waals surface area contributed by atoms with Crippen molar-refractivity contribution in [3.8, 4) is 0 Å². The molecule has 1 heterocycles. The number of halogens is 1. The van der Waals surface area contributed by atoms with E-state index in [0.29, 0.717) is 5.69 Å². The average molecular weight is 414 g/mol. The van der Waals surface area contributed by atoms with E-state index >= 15 is 0 Å². The average Bonchev–Trinajstić information content (AvgIpc) is 2.47. The van der Waals surface area contributed by atoms with Crippen LogP contribution in [-0.2, 0) is 23.0 Å². The molecule has 0 bridgehead atoms. The van der Waals surface area contributed by atoms with Gasteiger partial charge in [0.1, 0.15) is 0 Å². The molecule has 0 saturated heterocycles. The highest BCUT2D eigenvalue weighted by Gasteiger charge is 2.15. The Kier molecular flexibility index (Phi) is 4.19. The number of hydrogen-bond donors (Lipinski definition) is 2. The molecule has 0 unspecified atom stereocenters. The third-order valence-electron chi connectivity index (χ3n) is 3.47. The van der Waals surface area contributed by atoms with E-state index < -0.39 is 10.0 Å². The number of anilines is 1. The van der Waals surface area contributed by atoms with Gasteiger partial charge in [-0.2, -0.15) is 0 Å². The molecule has 0 radical (unpaired) electrons. The zero-order chi connectivity index (χ0) is 14.9. The fourth-order valence-electron chi connectivity index (χ4n) is 2.37. The van der Waals surface area contributed by atoms with Crippen LogP contribution >= 0.6 is 22.6 Å². The van der Waals surface area contributed by atoms with Gasteiger partial charge in [0, 0.05) is 15.8 Å². The summed E-state index contributed by atoms with van der Waals surface area (Å²) >= 11 is 2.15. The minimum absolute atomic E-state index is 0.277. The van der Waals surface area contributed by atoms with Gasteiger partial charge >= 0.3 is 0 Å². The smallest absolute Gasteiger partial charge is 0.261 e. The van der Waals surface area contributed by atoms with Gasteiger partial charge in [-0.05, 0) is 83.1 Å². The largest absolute Gasteiger partial charge is 0.312 e. The highest BCUT2D eigenvalue weighted by atomic mass is 127. The van der Waals surface area contributed by atoms with Crippen LogP contribution in [0.25, 0.3) is 0 Å². The molecular formula is C15H15IN2O2S. The minimum Gasteiger partial charge on any atom is -0.312 e. The number of fused-ring (bicyclic) bond motifs is 1. The fourth-order valence-corrected chi connectivity index (χ4v) is 3.78. The van der Waals surface area contributed by atoms with E-state index in [2.05, 4.69) is 32.6 Å². The molecule has 4 nitrogen and oxygen atoms in total. The summed E-state index contributed by atoms with van der Waals surface area (Å²) in [5.74, 6) is 0. The molecule has 1 aliphatic heterocycles. The Morgan fingerprint density at radius 3 is 2.57 bits per heavy atom. The molecule has 0 saturated carbocycles. The van der Waals surface area contributed by atoms with Crippen LogP contribution in [0, 0.1) is 3.57 Å². The van der Waals surface area contributed by atoms with Crippen molar-refractivity contribution in [1.29, 1.82) is 0 Å². The molecule has 6 heteroatoms. The molecule has 0 aliphatic carbocycles. The van der Waals surface area contributed by atoms with Crippen molar-refractivity contribution in [3.05, 3.63) is 57.2 Å². The Labute approximate surface area is 138 Å². The Hall–Kier alpha value is -1.12. The monoisotopic (exact) mass is 414 g/mol. The lowest BCUT2D eigenvalue weighted by atomic mass is 10.0. The number of hydrogen-bond acceptors (Lipinski definition) is 3. The third kappa shape index (κ3) is 3.38. The van der Waals surface area contributed by atoms with Gasteiger partial charge in [-0.1, -0.05) is 6.07 Å². The van der Waals surface area contributed by atoms with Gasteiger partial charge in [0.15, 0.2) is 0 Å². The maximum absolute atomic E-state index is 12.4. The maximum atomic E-state index is 12.4. The van der Waals surface area contributed by atoms with Gasteiger partial charge < -0.3 is 5.32 Å². The Morgan fingerprint density at radius 2 is 1.81 bits per heavy atom. The van der Waals surface area contributed by atoms with E-state index in [1.54, 1.807) is 24.3 Å². The van der Waals surface area contributed by atoms with Gasteiger partial charge in [0.25, 0.3) is 10.0 Å². The Morgan fingerprint density at radius 1 is 1.05 bits per heavy atom. The third-order valence-corrected chi connectivity index (χ3v) is 5.59. The van der Waals surface area contributed by atoms with Gasteiger partial charge in [0.05, 0.1) is 4.90 Å². The molecular weight excluding hydrogens is 399 g/mol. The first-order valence-electron chi connectivity index (χ1n) is 6.65. The molecule has 1 aliphatic rings. The van der Waals surface area contributed by atoms with Crippen molar-refractivity contribution < 1.29 is 8.42 Å². The second kappa shape index (κ2) is 5.94. The van der Waals surface area contributed by atoms with E-state index in [1.165, 1.54) is 5.56 Å². The maximum Gasteiger partial charge on any atom is 0.261 e. The second-order valence-corrected chi connectivity index (χ2v) is 7.90. The van der Waals surface area contributed by atoms with Crippen molar-refractivity contribution in [1.82, 2.24) is 5.32 Å². The van der Waals surface area contributed by atoms with Crippen LogP contribution in [-0.4, -0.2) is 15.0 Å². The molecule has 0 amide bonds. The van der Waals surface area contributed by atoms with Crippen molar-refractivity contribution in [2.24, 2.45) is 0 Å². The van der Waals surface area contributed by atoms with Crippen LogP contribution in [0.1, 0.15) is 11.1 Å². The second-order valence-electron chi connectivity index (χ2n) is 4.97. The number of sulfonamides is 1. The van der Waals surface area contributed by atoms with Crippen LogP contribution in [0.15, 0.2) is 47.4 Å². The Balaban J connectivity index is 1.87. The predicted molar refractivity (Wildman–Crippen MR) is 91.8 cm³/mol. The lowest BCUT2D eigenvalue weighted by molar-refractivity contribution is 0.601. The lowest BCUT2D eigenvalue weighted by Crippen LogP contribution is -2.23. The van der Waals surface area contributed by atoms with Crippen LogP contribution in [0.2, 0.25) is 0 Å². The Bertz CT molecular complexity index is 758. The molecule has 3 rings (SSSR count). The normalized spacial score (nSPS) is 14.5. The van der Waals surface area contributed by atoms with E-state index in [0.717, 1.165) is 28.6 Å². The van der Waals surface area contributed by atoms with E-state index in [4.69, 9.17) is 0 Å². The number of rotatable bonds is 3. The number of benzene rings is 2. The molecule has 2 aromatic carbocycles. The SMILES string of the molecule is O=S(=O)(Nc1ccc2c(c1)CNCC2)c1ccc(I)cc1. The summed E-state index contributed by atoms with van der Waals surface area (Å²) in [6.07, 6.45) is 0.986. The summed E-state index contributed by atoms with van der Waals surface area (Å²) in [7, 11) is -3.53.